The molecule has 2 rings (SSSR count). The van der Waals surface area contributed by atoms with E-state index in [-0.39, 0.29) is 23.5 Å². The molecular formula is C17H21F3N8O2. The molecule has 2 aromatic rings. The zero-order valence-corrected chi connectivity index (χ0v) is 15.8. The van der Waals surface area contributed by atoms with Gasteiger partial charge in [-0.25, -0.2) is 5.84 Å². The summed E-state index contributed by atoms with van der Waals surface area (Å²) in [7, 11) is 0. The van der Waals surface area contributed by atoms with Gasteiger partial charge in [0.15, 0.2) is 6.29 Å². The van der Waals surface area contributed by atoms with Crippen LogP contribution >= 0.6 is 0 Å². The summed E-state index contributed by atoms with van der Waals surface area (Å²) in [6.45, 7) is 0.760. The number of alkyl halides is 3. The minimum Gasteiger partial charge on any atom is -0.393 e. The van der Waals surface area contributed by atoms with E-state index in [9.17, 15) is 22.8 Å². The second-order valence-electron chi connectivity index (χ2n) is 6.32. The number of hydrogen-bond acceptors (Lipinski definition) is 8. The fourth-order valence-electron chi connectivity index (χ4n) is 2.37. The van der Waals surface area contributed by atoms with Crippen molar-refractivity contribution in [1.82, 2.24) is 30.3 Å². The van der Waals surface area contributed by atoms with Crippen molar-refractivity contribution in [2.75, 3.05) is 6.54 Å². The molecule has 0 fully saturated rings. The summed E-state index contributed by atoms with van der Waals surface area (Å²) in [5.74, 6) is 5.10. The molecule has 2 aromatic heterocycles. The number of hydrogen-bond donors (Lipinski definition) is 3. The van der Waals surface area contributed by atoms with Gasteiger partial charge < -0.3 is 16.1 Å². The number of aromatic nitrogens is 4. The molecule has 0 saturated carbocycles. The second-order valence-corrected chi connectivity index (χ2v) is 6.32. The van der Waals surface area contributed by atoms with Crippen molar-refractivity contribution in [1.29, 1.82) is 0 Å². The average molecular weight is 426 g/mol. The van der Waals surface area contributed by atoms with Gasteiger partial charge in [-0.05, 0) is 24.5 Å². The van der Waals surface area contributed by atoms with Gasteiger partial charge in [-0.2, -0.15) is 13.2 Å². The summed E-state index contributed by atoms with van der Waals surface area (Å²) in [6.07, 6.45) is 2.11. The molecule has 162 valence electrons. The summed E-state index contributed by atoms with van der Waals surface area (Å²) < 4.78 is 39.6. The molecule has 0 bridgehead atoms. The number of pyridine rings is 1. The van der Waals surface area contributed by atoms with E-state index >= 15 is 0 Å². The first-order chi connectivity index (χ1) is 14.2. The average Bonchev–Trinajstić information content (AvgIpc) is 3.17. The van der Waals surface area contributed by atoms with Crippen molar-refractivity contribution < 1.29 is 22.8 Å². The van der Waals surface area contributed by atoms with Crippen LogP contribution in [-0.4, -0.2) is 43.7 Å². The minimum atomic E-state index is -4.52. The van der Waals surface area contributed by atoms with Crippen LogP contribution in [0.25, 0.3) is 0 Å². The molecule has 10 nitrogen and oxygen atoms in total. The van der Waals surface area contributed by atoms with Crippen LogP contribution in [0.3, 0.4) is 0 Å². The molecule has 2 heterocycles. The lowest BCUT2D eigenvalue weighted by Crippen LogP contribution is -2.33. The molecule has 0 aromatic carbocycles. The molecule has 13 heteroatoms. The van der Waals surface area contributed by atoms with Crippen LogP contribution < -0.4 is 16.9 Å². The van der Waals surface area contributed by atoms with Crippen LogP contribution in [0.2, 0.25) is 0 Å². The van der Waals surface area contributed by atoms with E-state index in [1.807, 2.05) is 0 Å². The predicted molar refractivity (Wildman–Crippen MR) is 98.9 cm³/mol. The number of aldehydes is 1. The first-order valence-corrected chi connectivity index (χ1v) is 8.82. The van der Waals surface area contributed by atoms with Gasteiger partial charge in [0, 0.05) is 38.2 Å². The lowest BCUT2D eigenvalue weighted by molar-refractivity contribution is -0.137. The Kier molecular flexibility index (Phi) is 7.86. The number of carbonyl (C=O) groups is 2. The maximum Gasteiger partial charge on any atom is 0.417 e. The van der Waals surface area contributed by atoms with Crippen LogP contribution in [0.5, 0.6) is 0 Å². The van der Waals surface area contributed by atoms with E-state index in [0.717, 1.165) is 6.07 Å². The Morgan fingerprint density at radius 2 is 2.07 bits per heavy atom. The Balaban J connectivity index is 1.75. The molecule has 0 saturated heterocycles. The lowest BCUT2D eigenvalue weighted by Gasteiger charge is -2.15. The molecule has 0 spiro atoms. The largest absolute Gasteiger partial charge is 0.417 e. The highest BCUT2D eigenvalue weighted by atomic mass is 19.4. The van der Waals surface area contributed by atoms with Crippen molar-refractivity contribution in [3.05, 3.63) is 53.4 Å². The molecule has 30 heavy (non-hydrogen) atoms. The topological polar surface area (TPSA) is 145 Å². The Morgan fingerprint density at radius 1 is 1.30 bits per heavy atom. The van der Waals surface area contributed by atoms with E-state index in [1.165, 1.54) is 28.3 Å². The SMILES string of the molecule is N/C(=C\N(N)CCCCn1cc(C=O)nn1)C(=O)NCc1cncc(C(F)(F)F)c1. The maximum atomic E-state index is 12.7. The summed E-state index contributed by atoms with van der Waals surface area (Å²) >= 11 is 0. The maximum absolute atomic E-state index is 12.7. The first-order valence-electron chi connectivity index (χ1n) is 8.82. The summed E-state index contributed by atoms with van der Waals surface area (Å²) in [5, 5.41) is 11.1. The monoisotopic (exact) mass is 426 g/mol. The highest BCUT2D eigenvalue weighted by Crippen LogP contribution is 2.28. The van der Waals surface area contributed by atoms with Crippen LogP contribution in [0.4, 0.5) is 13.2 Å². The van der Waals surface area contributed by atoms with Crippen molar-refractivity contribution in [2.24, 2.45) is 11.6 Å². The van der Waals surface area contributed by atoms with Crippen LogP contribution in [-0.2, 0) is 24.1 Å². The third kappa shape index (κ3) is 7.16. The number of nitrogens with two attached hydrogens (primary N) is 2. The highest BCUT2D eigenvalue weighted by Gasteiger charge is 2.31. The van der Waals surface area contributed by atoms with Gasteiger partial charge in [-0.15, -0.1) is 5.10 Å². The van der Waals surface area contributed by atoms with Gasteiger partial charge in [-0.3, -0.25) is 19.3 Å². The Labute approximate surface area is 169 Å². The molecule has 0 radical (unpaired) electrons. The number of rotatable bonds is 10. The van der Waals surface area contributed by atoms with E-state index in [0.29, 0.717) is 38.4 Å². The molecule has 5 N–H and O–H groups in total. The van der Waals surface area contributed by atoms with Gasteiger partial charge in [0.25, 0.3) is 5.91 Å². The smallest absolute Gasteiger partial charge is 0.393 e. The van der Waals surface area contributed by atoms with E-state index in [4.69, 9.17) is 11.6 Å². The van der Waals surface area contributed by atoms with E-state index in [1.54, 1.807) is 0 Å². The Bertz CT molecular complexity index is 897. The standard InChI is InChI=1S/C17H21F3N8O2/c18-17(19,20)13-5-12(6-23-8-13)7-24-16(30)15(21)10-27(22)3-1-2-4-28-9-14(11-29)25-26-28/h5-6,8-11H,1-4,7,21-22H2,(H,24,30)/b15-10-. The number of halogens is 3. The predicted octanol–water partition coefficient (Wildman–Crippen LogP) is 0.577. The third-order valence-electron chi connectivity index (χ3n) is 3.87. The number of nitrogens with one attached hydrogen (secondary N) is 1. The molecule has 0 aliphatic rings. The van der Waals surface area contributed by atoms with Crippen molar-refractivity contribution >= 4 is 12.2 Å². The van der Waals surface area contributed by atoms with E-state index < -0.39 is 17.6 Å². The zero-order valence-electron chi connectivity index (χ0n) is 15.8. The molecule has 0 atom stereocenters. The molecular weight excluding hydrogens is 405 g/mol. The molecule has 0 aliphatic carbocycles. The first kappa shape index (κ1) is 22.8. The number of amides is 1. The lowest BCUT2D eigenvalue weighted by atomic mass is 10.2. The van der Waals surface area contributed by atoms with Gasteiger partial charge in [0.2, 0.25) is 0 Å². The van der Waals surface area contributed by atoms with E-state index in [2.05, 4.69) is 20.6 Å². The number of aryl methyl sites for hydroxylation is 1. The fraction of sp³-hybridized carbons (Fsp3) is 0.353. The van der Waals surface area contributed by atoms with Crippen molar-refractivity contribution in [3.8, 4) is 0 Å². The Morgan fingerprint density at radius 3 is 2.73 bits per heavy atom. The quantitative estimate of drug-likeness (QED) is 0.164. The minimum absolute atomic E-state index is 0.171. The molecule has 1 amide bonds. The number of nitrogens with zero attached hydrogens (tertiary/aromatic N) is 5. The van der Waals surface area contributed by atoms with Gasteiger partial charge in [0.1, 0.15) is 11.4 Å². The Hall–Kier alpha value is -3.48. The van der Waals surface area contributed by atoms with Crippen LogP contribution in [0.1, 0.15) is 34.5 Å². The fourth-order valence-corrected chi connectivity index (χ4v) is 2.37. The summed E-state index contributed by atoms with van der Waals surface area (Å²) in [6, 6.07) is 0.898. The number of unbranched alkanes of at least 4 members (excludes halogenated alkanes) is 1. The summed E-state index contributed by atoms with van der Waals surface area (Å²) in [5.41, 5.74) is 5.01. The van der Waals surface area contributed by atoms with Crippen LogP contribution in [0.15, 0.2) is 36.6 Å². The van der Waals surface area contributed by atoms with Crippen molar-refractivity contribution in [3.63, 3.8) is 0 Å². The zero-order chi connectivity index (χ0) is 22.1. The summed E-state index contributed by atoms with van der Waals surface area (Å²) in [4.78, 5) is 26.1. The second kappa shape index (κ2) is 10.3. The highest BCUT2D eigenvalue weighted by molar-refractivity contribution is 5.92. The van der Waals surface area contributed by atoms with Crippen molar-refractivity contribution in [2.45, 2.75) is 32.1 Å². The third-order valence-corrected chi connectivity index (χ3v) is 3.87. The van der Waals surface area contributed by atoms with Crippen LogP contribution in [0, 0.1) is 0 Å². The van der Waals surface area contributed by atoms with Gasteiger partial charge >= 0.3 is 6.18 Å². The van der Waals surface area contributed by atoms with Gasteiger partial charge in [0.05, 0.1) is 11.8 Å². The van der Waals surface area contributed by atoms with Gasteiger partial charge in [-0.1, -0.05) is 5.21 Å². The number of carbonyl (C=O) groups excluding carboxylic acids is 2. The molecule has 0 unspecified atom stereocenters. The number of hydrazine groups is 1. The molecule has 0 aliphatic heterocycles. The normalized spacial score (nSPS) is 11.9.